The molecule has 8 heteroatoms. The zero-order valence-electron chi connectivity index (χ0n) is 15.0. The number of carbonyl (C=O) groups is 1. The van der Waals surface area contributed by atoms with E-state index in [2.05, 4.69) is 10.1 Å². The van der Waals surface area contributed by atoms with Crippen molar-refractivity contribution >= 4 is 11.6 Å². The Bertz CT molecular complexity index is 1000. The van der Waals surface area contributed by atoms with Crippen molar-refractivity contribution in [3.8, 4) is 11.4 Å². The Balaban J connectivity index is 1.50. The molecule has 0 radical (unpaired) electrons. The lowest BCUT2D eigenvalue weighted by Crippen LogP contribution is -2.39. The Labute approximate surface area is 160 Å². The highest BCUT2D eigenvalue weighted by Gasteiger charge is 2.29. The van der Waals surface area contributed by atoms with Gasteiger partial charge in [0.05, 0.1) is 10.8 Å². The lowest BCUT2D eigenvalue weighted by atomic mass is 9.97. The molecule has 1 saturated heterocycles. The summed E-state index contributed by atoms with van der Waals surface area (Å²) in [6.07, 6.45) is 1.64. The lowest BCUT2D eigenvalue weighted by Gasteiger charge is -2.31. The summed E-state index contributed by atoms with van der Waals surface area (Å²) < 4.78 is 5.45. The minimum absolute atomic E-state index is 0.0543. The topological polar surface area (TPSA) is 102 Å². The van der Waals surface area contributed by atoms with E-state index >= 15 is 0 Å². The Kier molecular flexibility index (Phi) is 4.84. The number of hydrogen-bond acceptors (Lipinski definition) is 6. The first-order valence-electron chi connectivity index (χ1n) is 9.04. The molecule has 0 bridgehead atoms. The summed E-state index contributed by atoms with van der Waals surface area (Å²) in [5.41, 5.74) is 1.09. The quantitative estimate of drug-likeness (QED) is 0.507. The van der Waals surface area contributed by atoms with Gasteiger partial charge >= 0.3 is 0 Å². The van der Waals surface area contributed by atoms with E-state index in [4.69, 9.17) is 4.52 Å². The average Bonchev–Trinajstić information content (AvgIpc) is 3.24. The summed E-state index contributed by atoms with van der Waals surface area (Å²) in [5, 5.41) is 15.0. The van der Waals surface area contributed by atoms with Crippen LogP contribution in [-0.2, 0) is 0 Å². The minimum atomic E-state index is -0.501. The molecule has 1 atom stereocenters. The van der Waals surface area contributed by atoms with Gasteiger partial charge in [0.15, 0.2) is 0 Å². The molecule has 3 aromatic rings. The maximum atomic E-state index is 12.8. The second kappa shape index (κ2) is 7.59. The molecule has 1 fully saturated rings. The van der Waals surface area contributed by atoms with Crippen molar-refractivity contribution in [2.75, 3.05) is 13.1 Å². The molecule has 8 nitrogen and oxygen atoms in total. The van der Waals surface area contributed by atoms with Gasteiger partial charge in [0.2, 0.25) is 11.7 Å². The number of likely N-dealkylation sites (tertiary alicyclic amines) is 1. The SMILES string of the molecule is O=C(c1cccc([N+](=O)[O-])c1)N1CCCC(c2nc(-c3ccccc3)no2)C1. The van der Waals surface area contributed by atoms with Gasteiger partial charge in [-0.05, 0) is 18.9 Å². The molecule has 4 rings (SSSR count). The summed E-state index contributed by atoms with van der Waals surface area (Å²) in [6.45, 7) is 1.04. The van der Waals surface area contributed by atoms with Gasteiger partial charge in [-0.3, -0.25) is 14.9 Å². The van der Waals surface area contributed by atoms with Crippen molar-refractivity contribution in [3.05, 3.63) is 76.2 Å². The molecular formula is C20H18N4O4. The van der Waals surface area contributed by atoms with Gasteiger partial charge < -0.3 is 9.42 Å². The van der Waals surface area contributed by atoms with Crippen molar-refractivity contribution in [1.29, 1.82) is 0 Å². The first-order chi connectivity index (χ1) is 13.6. The first kappa shape index (κ1) is 17.8. The summed E-state index contributed by atoms with van der Waals surface area (Å²) in [6, 6.07) is 15.4. The highest BCUT2D eigenvalue weighted by Crippen LogP contribution is 2.28. The number of hydrogen-bond donors (Lipinski definition) is 0. The minimum Gasteiger partial charge on any atom is -0.339 e. The molecule has 1 unspecified atom stereocenters. The number of piperidine rings is 1. The molecular weight excluding hydrogens is 360 g/mol. The van der Waals surface area contributed by atoms with Gasteiger partial charge in [0, 0.05) is 36.3 Å². The lowest BCUT2D eigenvalue weighted by molar-refractivity contribution is -0.384. The third-order valence-corrected chi connectivity index (χ3v) is 4.84. The summed E-state index contributed by atoms with van der Waals surface area (Å²) in [4.78, 5) is 29.5. The van der Waals surface area contributed by atoms with E-state index in [1.807, 2.05) is 30.3 Å². The van der Waals surface area contributed by atoms with E-state index in [1.54, 1.807) is 11.0 Å². The number of aromatic nitrogens is 2. The van der Waals surface area contributed by atoms with Crippen LogP contribution >= 0.6 is 0 Å². The number of carbonyl (C=O) groups excluding carboxylic acids is 1. The Morgan fingerprint density at radius 2 is 2.00 bits per heavy atom. The highest BCUT2D eigenvalue weighted by atomic mass is 16.6. The molecule has 28 heavy (non-hydrogen) atoms. The van der Waals surface area contributed by atoms with Gasteiger partial charge in [-0.2, -0.15) is 4.98 Å². The van der Waals surface area contributed by atoms with Gasteiger partial charge in [-0.1, -0.05) is 41.6 Å². The molecule has 0 N–H and O–H groups in total. The van der Waals surface area contributed by atoms with Crippen LogP contribution in [0.4, 0.5) is 5.69 Å². The number of non-ortho nitro benzene ring substituents is 1. The van der Waals surface area contributed by atoms with Crippen molar-refractivity contribution < 1.29 is 14.2 Å². The third kappa shape index (κ3) is 3.62. The van der Waals surface area contributed by atoms with Crippen LogP contribution in [-0.4, -0.2) is 39.0 Å². The van der Waals surface area contributed by atoms with E-state index < -0.39 is 4.92 Å². The molecule has 0 spiro atoms. The van der Waals surface area contributed by atoms with E-state index in [9.17, 15) is 14.9 Å². The maximum Gasteiger partial charge on any atom is 0.270 e. The third-order valence-electron chi connectivity index (χ3n) is 4.84. The van der Waals surface area contributed by atoms with Crippen molar-refractivity contribution in [3.63, 3.8) is 0 Å². The fraction of sp³-hybridized carbons (Fsp3) is 0.250. The Morgan fingerprint density at radius 1 is 1.18 bits per heavy atom. The van der Waals surface area contributed by atoms with Gasteiger partial charge in [0.25, 0.3) is 11.6 Å². The second-order valence-corrected chi connectivity index (χ2v) is 6.72. The van der Waals surface area contributed by atoms with E-state index in [0.29, 0.717) is 30.4 Å². The van der Waals surface area contributed by atoms with Crippen LogP contribution in [0.25, 0.3) is 11.4 Å². The number of rotatable bonds is 4. The summed E-state index contributed by atoms with van der Waals surface area (Å²) in [5.74, 6) is 0.755. The molecule has 2 aromatic carbocycles. The van der Waals surface area contributed by atoms with E-state index in [0.717, 1.165) is 18.4 Å². The Hall–Kier alpha value is -3.55. The van der Waals surface area contributed by atoms with Crippen molar-refractivity contribution in [2.24, 2.45) is 0 Å². The number of nitrogens with zero attached hydrogens (tertiary/aromatic N) is 4. The standard InChI is InChI=1S/C20H18N4O4/c25-20(15-8-4-10-17(12-15)24(26)27)23-11-5-9-16(13-23)19-21-18(22-28-19)14-6-2-1-3-7-14/h1-4,6-8,10,12,16H,5,9,11,13H2. The maximum absolute atomic E-state index is 12.8. The Morgan fingerprint density at radius 3 is 2.79 bits per heavy atom. The molecule has 1 amide bonds. The molecule has 142 valence electrons. The zero-order valence-corrected chi connectivity index (χ0v) is 15.0. The fourth-order valence-electron chi connectivity index (χ4n) is 3.40. The molecule has 1 aliphatic rings. The van der Waals surface area contributed by atoms with Crippen LogP contribution < -0.4 is 0 Å². The van der Waals surface area contributed by atoms with Gasteiger partial charge in [0.1, 0.15) is 0 Å². The molecule has 0 aliphatic carbocycles. The summed E-state index contributed by atoms with van der Waals surface area (Å²) in [7, 11) is 0. The van der Waals surface area contributed by atoms with Gasteiger partial charge in [-0.25, -0.2) is 0 Å². The predicted molar refractivity (Wildman–Crippen MR) is 101 cm³/mol. The largest absolute Gasteiger partial charge is 0.339 e. The smallest absolute Gasteiger partial charge is 0.270 e. The number of benzene rings is 2. The van der Waals surface area contributed by atoms with Crippen LogP contribution in [0.5, 0.6) is 0 Å². The average molecular weight is 378 g/mol. The highest BCUT2D eigenvalue weighted by molar-refractivity contribution is 5.95. The normalized spacial score (nSPS) is 16.7. The predicted octanol–water partition coefficient (Wildman–Crippen LogP) is 3.66. The van der Waals surface area contributed by atoms with Crippen LogP contribution in [0, 0.1) is 10.1 Å². The van der Waals surface area contributed by atoms with Crippen LogP contribution in [0.2, 0.25) is 0 Å². The molecule has 1 aromatic heterocycles. The molecule has 1 aliphatic heterocycles. The summed E-state index contributed by atoms with van der Waals surface area (Å²) >= 11 is 0. The van der Waals surface area contributed by atoms with Crippen LogP contribution in [0.15, 0.2) is 59.1 Å². The number of amides is 1. The van der Waals surface area contributed by atoms with E-state index in [-0.39, 0.29) is 17.5 Å². The fourth-order valence-corrected chi connectivity index (χ4v) is 3.40. The first-order valence-corrected chi connectivity index (χ1v) is 9.04. The zero-order chi connectivity index (χ0) is 19.5. The van der Waals surface area contributed by atoms with E-state index in [1.165, 1.54) is 18.2 Å². The molecule has 0 saturated carbocycles. The number of nitro benzene ring substituents is 1. The second-order valence-electron chi connectivity index (χ2n) is 6.72. The number of nitro groups is 1. The van der Waals surface area contributed by atoms with Crippen molar-refractivity contribution in [2.45, 2.75) is 18.8 Å². The monoisotopic (exact) mass is 378 g/mol. The van der Waals surface area contributed by atoms with Crippen LogP contribution in [0.3, 0.4) is 0 Å². The van der Waals surface area contributed by atoms with Crippen LogP contribution in [0.1, 0.15) is 35.0 Å². The molecule has 2 heterocycles. The van der Waals surface area contributed by atoms with Crippen molar-refractivity contribution in [1.82, 2.24) is 15.0 Å². The van der Waals surface area contributed by atoms with Gasteiger partial charge in [-0.15, -0.1) is 0 Å².